The summed E-state index contributed by atoms with van der Waals surface area (Å²) in [5.41, 5.74) is 6.67. The van der Waals surface area contributed by atoms with E-state index in [0.29, 0.717) is 23.8 Å². The van der Waals surface area contributed by atoms with Crippen LogP contribution in [0.4, 0.5) is 5.69 Å². The summed E-state index contributed by atoms with van der Waals surface area (Å²) in [7, 11) is 0. The van der Waals surface area contributed by atoms with Crippen LogP contribution in [0.3, 0.4) is 0 Å². The summed E-state index contributed by atoms with van der Waals surface area (Å²) in [5.74, 6) is -0.0390. The number of aromatic nitrogens is 1. The Morgan fingerprint density at radius 1 is 1.26 bits per heavy atom. The van der Waals surface area contributed by atoms with Gasteiger partial charge in [-0.2, -0.15) is 0 Å². The van der Waals surface area contributed by atoms with E-state index in [4.69, 9.17) is 5.73 Å². The molecule has 1 rings (SSSR count). The van der Waals surface area contributed by atoms with E-state index in [0.717, 1.165) is 0 Å². The van der Waals surface area contributed by atoms with Crippen molar-refractivity contribution < 1.29 is 9.59 Å². The standard InChI is InChI=1S/C13H20N4O2/c1-9(2)6-16-13(19)8-17-12(18)5-11-4-3-10(14)7-15-11/h3-4,7,9H,5-6,8,14H2,1-2H3,(H,16,19)(H,17,18). The first-order chi connectivity index (χ1) is 8.97. The second kappa shape index (κ2) is 7.35. The first kappa shape index (κ1) is 14.9. The van der Waals surface area contributed by atoms with E-state index in [1.54, 1.807) is 12.1 Å². The highest BCUT2D eigenvalue weighted by atomic mass is 16.2. The van der Waals surface area contributed by atoms with Crippen LogP contribution in [0, 0.1) is 5.92 Å². The maximum Gasteiger partial charge on any atom is 0.239 e. The number of nitrogens with one attached hydrogen (secondary N) is 2. The molecule has 19 heavy (non-hydrogen) atoms. The average Bonchev–Trinajstić information content (AvgIpc) is 2.36. The van der Waals surface area contributed by atoms with Crippen LogP contribution < -0.4 is 16.4 Å². The molecular weight excluding hydrogens is 244 g/mol. The van der Waals surface area contributed by atoms with Gasteiger partial charge < -0.3 is 16.4 Å². The molecule has 0 saturated heterocycles. The van der Waals surface area contributed by atoms with Crippen molar-refractivity contribution in [2.45, 2.75) is 20.3 Å². The second-order valence-electron chi connectivity index (χ2n) is 4.73. The van der Waals surface area contributed by atoms with Crippen molar-refractivity contribution in [1.82, 2.24) is 15.6 Å². The van der Waals surface area contributed by atoms with Crippen LogP contribution in [0.25, 0.3) is 0 Å². The molecule has 104 valence electrons. The summed E-state index contributed by atoms with van der Waals surface area (Å²) in [5, 5.41) is 5.27. The smallest absolute Gasteiger partial charge is 0.239 e. The topological polar surface area (TPSA) is 97.1 Å². The quantitative estimate of drug-likeness (QED) is 0.678. The lowest BCUT2D eigenvalue weighted by Crippen LogP contribution is -2.38. The predicted octanol–water partition coefficient (Wildman–Crippen LogP) is 0.0947. The van der Waals surface area contributed by atoms with Gasteiger partial charge in [0.1, 0.15) is 0 Å². The molecule has 1 aromatic heterocycles. The van der Waals surface area contributed by atoms with Gasteiger partial charge in [-0.15, -0.1) is 0 Å². The van der Waals surface area contributed by atoms with Gasteiger partial charge in [0.25, 0.3) is 0 Å². The zero-order chi connectivity index (χ0) is 14.3. The molecule has 6 heteroatoms. The highest BCUT2D eigenvalue weighted by Crippen LogP contribution is 2.01. The number of hydrogen-bond acceptors (Lipinski definition) is 4. The zero-order valence-electron chi connectivity index (χ0n) is 11.3. The van der Waals surface area contributed by atoms with Gasteiger partial charge in [0.2, 0.25) is 11.8 Å². The molecule has 1 aromatic rings. The minimum atomic E-state index is -0.239. The third kappa shape index (κ3) is 6.40. The van der Waals surface area contributed by atoms with E-state index < -0.39 is 0 Å². The van der Waals surface area contributed by atoms with Crippen molar-refractivity contribution in [2.24, 2.45) is 5.92 Å². The molecule has 0 unspecified atom stereocenters. The minimum Gasteiger partial charge on any atom is -0.397 e. The maximum absolute atomic E-state index is 11.6. The number of anilines is 1. The van der Waals surface area contributed by atoms with Crippen molar-refractivity contribution in [3.8, 4) is 0 Å². The number of rotatable bonds is 6. The third-order valence-electron chi connectivity index (χ3n) is 2.34. The normalized spacial score (nSPS) is 10.3. The van der Waals surface area contributed by atoms with Crippen LogP contribution in [0.2, 0.25) is 0 Å². The van der Waals surface area contributed by atoms with Crippen molar-refractivity contribution in [3.05, 3.63) is 24.0 Å². The van der Waals surface area contributed by atoms with E-state index in [1.165, 1.54) is 6.20 Å². The van der Waals surface area contributed by atoms with Gasteiger partial charge in [-0.3, -0.25) is 14.6 Å². The summed E-state index contributed by atoms with van der Waals surface area (Å²) in [4.78, 5) is 27.0. The zero-order valence-corrected chi connectivity index (χ0v) is 11.3. The largest absolute Gasteiger partial charge is 0.397 e. The summed E-state index contributed by atoms with van der Waals surface area (Å²) in [6.45, 7) is 4.60. The molecule has 0 radical (unpaired) electrons. The second-order valence-corrected chi connectivity index (χ2v) is 4.73. The van der Waals surface area contributed by atoms with Gasteiger partial charge in [-0.1, -0.05) is 13.8 Å². The molecule has 0 spiro atoms. The number of carbonyl (C=O) groups is 2. The fourth-order valence-electron chi connectivity index (χ4n) is 1.33. The molecule has 0 aliphatic rings. The first-order valence-electron chi connectivity index (χ1n) is 6.21. The molecule has 0 aliphatic heterocycles. The average molecular weight is 264 g/mol. The van der Waals surface area contributed by atoms with E-state index >= 15 is 0 Å². The highest BCUT2D eigenvalue weighted by Gasteiger charge is 2.07. The van der Waals surface area contributed by atoms with Crippen molar-refractivity contribution in [3.63, 3.8) is 0 Å². The monoisotopic (exact) mass is 264 g/mol. The van der Waals surface area contributed by atoms with Crippen LogP contribution in [-0.4, -0.2) is 29.9 Å². The van der Waals surface area contributed by atoms with Gasteiger partial charge >= 0.3 is 0 Å². The number of nitrogens with two attached hydrogens (primary N) is 1. The van der Waals surface area contributed by atoms with Gasteiger partial charge in [0.05, 0.1) is 24.8 Å². The fourth-order valence-corrected chi connectivity index (χ4v) is 1.33. The Balaban J connectivity index is 2.28. The van der Waals surface area contributed by atoms with Crippen LogP contribution >= 0.6 is 0 Å². The molecule has 0 aromatic carbocycles. The Labute approximate surface area is 112 Å². The summed E-state index contributed by atoms with van der Waals surface area (Å²) in [6, 6.07) is 3.37. The van der Waals surface area contributed by atoms with Gasteiger partial charge in [-0.05, 0) is 18.1 Å². The lowest BCUT2D eigenvalue weighted by atomic mass is 10.2. The van der Waals surface area contributed by atoms with E-state index in [9.17, 15) is 9.59 Å². The van der Waals surface area contributed by atoms with Gasteiger partial charge in [-0.25, -0.2) is 0 Å². The first-order valence-corrected chi connectivity index (χ1v) is 6.21. The molecule has 0 saturated carbocycles. The number of carbonyl (C=O) groups excluding carboxylic acids is 2. The van der Waals surface area contributed by atoms with Crippen molar-refractivity contribution in [1.29, 1.82) is 0 Å². The number of hydrogen-bond donors (Lipinski definition) is 3. The Kier molecular flexibility index (Phi) is 5.78. The van der Waals surface area contributed by atoms with E-state index in [-0.39, 0.29) is 24.8 Å². The SMILES string of the molecule is CC(C)CNC(=O)CNC(=O)Cc1ccc(N)cn1. The van der Waals surface area contributed by atoms with E-state index in [1.807, 2.05) is 13.8 Å². The Bertz CT molecular complexity index is 429. The molecule has 2 amide bonds. The number of pyridine rings is 1. The Morgan fingerprint density at radius 2 is 2.00 bits per heavy atom. The van der Waals surface area contributed by atoms with Gasteiger partial charge in [0.15, 0.2) is 0 Å². The fraction of sp³-hybridized carbons (Fsp3) is 0.462. The number of nitrogens with zero attached hydrogens (tertiary/aromatic N) is 1. The molecule has 4 N–H and O–H groups in total. The number of nitrogen functional groups attached to an aromatic ring is 1. The molecule has 6 nitrogen and oxygen atoms in total. The molecule has 0 fully saturated rings. The molecular formula is C13H20N4O2. The summed E-state index contributed by atoms with van der Waals surface area (Å²) in [6.07, 6.45) is 1.63. The van der Waals surface area contributed by atoms with E-state index in [2.05, 4.69) is 15.6 Å². The van der Waals surface area contributed by atoms with Crippen LogP contribution in [0.15, 0.2) is 18.3 Å². The summed E-state index contributed by atoms with van der Waals surface area (Å²) < 4.78 is 0. The summed E-state index contributed by atoms with van der Waals surface area (Å²) >= 11 is 0. The van der Waals surface area contributed by atoms with Crippen molar-refractivity contribution in [2.75, 3.05) is 18.8 Å². The highest BCUT2D eigenvalue weighted by molar-refractivity contribution is 5.85. The predicted molar refractivity (Wildman–Crippen MR) is 73.2 cm³/mol. The maximum atomic E-state index is 11.6. The van der Waals surface area contributed by atoms with Crippen LogP contribution in [0.1, 0.15) is 19.5 Å². The Hall–Kier alpha value is -2.11. The number of amides is 2. The lowest BCUT2D eigenvalue weighted by Gasteiger charge is -2.08. The van der Waals surface area contributed by atoms with Crippen LogP contribution in [0.5, 0.6) is 0 Å². The molecule has 0 bridgehead atoms. The van der Waals surface area contributed by atoms with Gasteiger partial charge in [0, 0.05) is 12.2 Å². The molecule has 1 heterocycles. The van der Waals surface area contributed by atoms with Crippen LogP contribution in [-0.2, 0) is 16.0 Å². The Morgan fingerprint density at radius 3 is 2.58 bits per heavy atom. The molecule has 0 aliphatic carbocycles. The van der Waals surface area contributed by atoms with Crippen molar-refractivity contribution >= 4 is 17.5 Å². The molecule has 0 atom stereocenters. The third-order valence-corrected chi connectivity index (χ3v) is 2.34. The lowest BCUT2D eigenvalue weighted by molar-refractivity contribution is -0.125. The minimum absolute atomic E-state index is 0.0134.